The van der Waals surface area contributed by atoms with Gasteiger partial charge in [-0.05, 0) is 61.2 Å². The molecule has 1 amide bonds. The molecule has 1 saturated heterocycles. The molecule has 0 aromatic heterocycles. The molecule has 2 heterocycles. The van der Waals surface area contributed by atoms with Crippen molar-refractivity contribution in [3.8, 4) is 17.2 Å². The lowest BCUT2D eigenvalue weighted by Gasteiger charge is -2.26. The Morgan fingerprint density at radius 1 is 1.00 bits per heavy atom. The number of benzene rings is 2. The van der Waals surface area contributed by atoms with Crippen molar-refractivity contribution in [3.63, 3.8) is 0 Å². The molecule has 2 aromatic rings. The lowest BCUT2D eigenvalue weighted by Crippen LogP contribution is -2.34. The zero-order valence-electron chi connectivity index (χ0n) is 20.0. The Labute approximate surface area is 205 Å². The van der Waals surface area contributed by atoms with E-state index in [0.717, 1.165) is 24.8 Å². The average Bonchev–Trinajstić information content (AvgIpc) is 3.39. The van der Waals surface area contributed by atoms with Crippen LogP contribution in [0.15, 0.2) is 42.5 Å². The first kappa shape index (κ1) is 24.6. The smallest absolute Gasteiger partial charge is 0.306 e. The number of rotatable bonds is 10. The second kappa shape index (κ2) is 11.7. The summed E-state index contributed by atoms with van der Waals surface area (Å²) in [6, 6.07) is 12.5. The van der Waals surface area contributed by atoms with Crippen molar-refractivity contribution >= 4 is 17.7 Å². The molecule has 2 aromatic carbocycles. The standard InChI is InChI=1S/C27H31NO7/c1-2-14-32-21-8-5-19(6-9-21)23(29)10-12-27(31)35-18-26(30)28-13-3-4-22(28)20-7-11-24-25(17-20)34-16-15-33-24/h5-9,11,17,22H,2-4,10,12-16,18H2,1H3. The molecule has 35 heavy (non-hydrogen) atoms. The summed E-state index contributed by atoms with van der Waals surface area (Å²) >= 11 is 0. The summed E-state index contributed by atoms with van der Waals surface area (Å²) in [6.07, 6.45) is 2.55. The van der Waals surface area contributed by atoms with Gasteiger partial charge in [0, 0.05) is 18.5 Å². The number of hydrogen-bond donors (Lipinski definition) is 0. The number of esters is 1. The maximum Gasteiger partial charge on any atom is 0.306 e. The zero-order chi connectivity index (χ0) is 24.6. The molecule has 0 saturated carbocycles. The van der Waals surface area contributed by atoms with E-state index in [0.29, 0.717) is 49.2 Å². The molecule has 1 unspecified atom stereocenters. The summed E-state index contributed by atoms with van der Waals surface area (Å²) in [4.78, 5) is 39.1. The highest BCUT2D eigenvalue weighted by Crippen LogP contribution is 2.38. The van der Waals surface area contributed by atoms with Crippen LogP contribution in [-0.4, -0.2) is 55.5 Å². The van der Waals surface area contributed by atoms with E-state index < -0.39 is 5.97 Å². The van der Waals surface area contributed by atoms with Gasteiger partial charge in [0.25, 0.3) is 5.91 Å². The predicted octanol–water partition coefficient (Wildman–Crippen LogP) is 4.12. The van der Waals surface area contributed by atoms with E-state index in [1.165, 1.54) is 0 Å². The molecule has 0 aliphatic carbocycles. The summed E-state index contributed by atoms with van der Waals surface area (Å²) in [6.45, 7) is 3.93. The van der Waals surface area contributed by atoms with Gasteiger partial charge < -0.3 is 23.8 Å². The SMILES string of the molecule is CCCOc1ccc(C(=O)CCC(=O)OCC(=O)N2CCCC2c2ccc3c(c2)OCCO3)cc1. The van der Waals surface area contributed by atoms with Crippen molar-refractivity contribution in [2.24, 2.45) is 0 Å². The number of carbonyl (C=O) groups is 3. The number of hydrogen-bond acceptors (Lipinski definition) is 7. The molecular weight excluding hydrogens is 450 g/mol. The first-order valence-electron chi connectivity index (χ1n) is 12.2. The average molecular weight is 482 g/mol. The first-order chi connectivity index (χ1) is 17.0. The summed E-state index contributed by atoms with van der Waals surface area (Å²) in [5, 5.41) is 0. The number of Topliss-reactive ketones (excluding diaryl/α,β-unsaturated/α-hetero) is 1. The van der Waals surface area contributed by atoms with Crippen LogP contribution in [0.3, 0.4) is 0 Å². The van der Waals surface area contributed by atoms with Crippen LogP contribution in [0.4, 0.5) is 0 Å². The van der Waals surface area contributed by atoms with Gasteiger partial charge in [-0.3, -0.25) is 14.4 Å². The van der Waals surface area contributed by atoms with Crippen LogP contribution in [-0.2, 0) is 14.3 Å². The van der Waals surface area contributed by atoms with Crippen molar-refractivity contribution in [2.75, 3.05) is 33.0 Å². The maximum absolute atomic E-state index is 12.8. The summed E-state index contributed by atoms with van der Waals surface area (Å²) in [5.41, 5.74) is 1.49. The minimum Gasteiger partial charge on any atom is -0.494 e. The van der Waals surface area contributed by atoms with E-state index in [1.54, 1.807) is 29.2 Å². The number of ketones is 1. The molecular formula is C27H31NO7. The predicted molar refractivity (Wildman–Crippen MR) is 128 cm³/mol. The first-order valence-corrected chi connectivity index (χ1v) is 12.2. The van der Waals surface area contributed by atoms with Crippen molar-refractivity contribution in [2.45, 2.75) is 45.1 Å². The molecule has 0 spiro atoms. The molecule has 0 radical (unpaired) electrons. The number of ether oxygens (including phenoxy) is 4. The van der Waals surface area contributed by atoms with E-state index >= 15 is 0 Å². The van der Waals surface area contributed by atoms with Crippen LogP contribution in [0.5, 0.6) is 17.2 Å². The minimum atomic E-state index is -0.565. The van der Waals surface area contributed by atoms with Gasteiger partial charge in [0.05, 0.1) is 19.1 Å². The van der Waals surface area contributed by atoms with E-state index in [1.807, 2.05) is 25.1 Å². The van der Waals surface area contributed by atoms with Crippen molar-refractivity contribution in [1.82, 2.24) is 4.90 Å². The molecule has 1 atom stereocenters. The molecule has 0 bridgehead atoms. The molecule has 8 nitrogen and oxygen atoms in total. The van der Waals surface area contributed by atoms with Gasteiger partial charge in [0.15, 0.2) is 23.9 Å². The number of likely N-dealkylation sites (tertiary alicyclic amines) is 1. The quantitative estimate of drug-likeness (QED) is 0.372. The Morgan fingerprint density at radius 3 is 2.54 bits per heavy atom. The third-order valence-corrected chi connectivity index (χ3v) is 6.09. The Hall–Kier alpha value is -3.55. The molecule has 0 N–H and O–H groups in total. The Kier molecular flexibility index (Phi) is 8.23. The highest BCUT2D eigenvalue weighted by Gasteiger charge is 2.31. The van der Waals surface area contributed by atoms with Crippen molar-refractivity contribution in [1.29, 1.82) is 0 Å². The van der Waals surface area contributed by atoms with Crippen LogP contribution in [0.1, 0.15) is 61.0 Å². The second-order valence-electron chi connectivity index (χ2n) is 8.60. The fraction of sp³-hybridized carbons (Fsp3) is 0.444. The molecule has 8 heteroatoms. The van der Waals surface area contributed by atoms with Crippen LogP contribution in [0.25, 0.3) is 0 Å². The molecule has 186 valence electrons. The van der Waals surface area contributed by atoms with Gasteiger partial charge >= 0.3 is 5.97 Å². The number of amides is 1. The van der Waals surface area contributed by atoms with Crippen LogP contribution in [0, 0.1) is 0 Å². The highest BCUT2D eigenvalue weighted by atomic mass is 16.6. The largest absolute Gasteiger partial charge is 0.494 e. The van der Waals surface area contributed by atoms with Crippen LogP contribution < -0.4 is 14.2 Å². The minimum absolute atomic E-state index is 0.0196. The van der Waals surface area contributed by atoms with Gasteiger partial charge in [-0.25, -0.2) is 0 Å². The molecule has 2 aliphatic rings. The monoisotopic (exact) mass is 481 g/mol. The Morgan fingerprint density at radius 2 is 1.77 bits per heavy atom. The van der Waals surface area contributed by atoms with E-state index in [2.05, 4.69) is 0 Å². The number of fused-ring (bicyclic) bond motifs is 1. The van der Waals surface area contributed by atoms with E-state index in [9.17, 15) is 14.4 Å². The fourth-order valence-electron chi connectivity index (χ4n) is 4.29. The van der Waals surface area contributed by atoms with Crippen molar-refractivity contribution < 1.29 is 33.3 Å². The van der Waals surface area contributed by atoms with Crippen LogP contribution >= 0.6 is 0 Å². The lowest BCUT2D eigenvalue weighted by atomic mass is 10.0. The summed E-state index contributed by atoms with van der Waals surface area (Å²) in [5.74, 6) is 1.13. The summed E-state index contributed by atoms with van der Waals surface area (Å²) in [7, 11) is 0. The molecule has 2 aliphatic heterocycles. The fourth-order valence-corrected chi connectivity index (χ4v) is 4.29. The van der Waals surface area contributed by atoms with Gasteiger partial charge in [-0.15, -0.1) is 0 Å². The highest BCUT2D eigenvalue weighted by molar-refractivity contribution is 5.97. The normalized spacial score (nSPS) is 16.6. The molecule has 4 rings (SSSR count). The van der Waals surface area contributed by atoms with Gasteiger partial charge in [-0.2, -0.15) is 0 Å². The van der Waals surface area contributed by atoms with Gasteiger partial charge in [0.2, 0.25) is 0 Å². The topological polar surface area (TPSA) is 91.4 Å². The van der Waals surface area contributed by atoms with Crippen molar-refractivity contribution in [3.05, 3.63) is 53.6 Å². The number of carbonyl (C=O) groups excluding carboxylic acids is 3. The van der Waals surface area contributed by atoms with Gasteiger partial charge in [0.1, 0.15) is 19.0 Å². The lowest BCUT2D eigenvalue weighted by molar-refractivity contribution is -0.152. The van der Waals surface area contributed by atoms with E-state index in [-0.39, 0.29) is 37.2 Å². The third kappa shape index (κ3) is 6.32. The second-order valence-corrected chi connectivity index (χ2v) is 8.60. The maximum atomic E-state index is 12.8. The van der Waals surface area contributed by atoms with Gasteiger partial charge in [-0.1, -0.05) is 13.0 Å². The molecule has 1 fully saturated rings. The third-order valence-electron chi connectivity index (χ3n) is 6.09. The zero-order valence-corrected chi connectivity index (χ0v) is 20.0. The van der Waals surface area contributed by atoms with E-state index in [4.69, 9.17) is 18.9 Å². The summed E-state index contributed by atoms with van der Waals surface area (Å²) < 4.78 is 21.9. The number of nitrogens with zero attached hydrogens (tertiary/aromatic N) is 1. The Bertz CT molecular complexity index is 1050. The Balaban J connectivity index is 1.24. The van der Waals surface area contributed by atoms with Crippen LogP contribution in [0.2, 0.25) is 0 Å².